The SMILES string of the molecule is [C-]#[N+]c1ccc2c(c1)-c1ccc(-c3cccc(-c4cc(-c5ccc6ccccc6c5)nc(-c5ccc6c(c5)oc5ccccc56)n4)c3)cc1C21CCCCC1. The standard InChI is InChI=1S/C51H35N3O/c1-52-39-20-23-44-43(30-39)40-21-18-35(28-45(40)51(44)24-7-2-8-25-51)34-12-9-13-36(27-34)46-31-47(37-17-16-32-10-3-4-11-33(32)26-37)54-50(53-46)38-19-22-42-41-14-5-6-15-48(41)55-49(42)29-38/h3-6,9-23,26-31H,2,7-8,24-25H2. The van der Waals surface area contributed by atoms with Gasteiger partial charge in [-0.2, -0.15) is 0 Å². The van der Waals surface area contributed by atoms with E-state index in [1.54, 1.807) is 0 Å². The third kappa shape index (κ3) is 5.12. The van der Waals surface area contributed by atoms with Crippen LogP contribution in [0, 0.1) is 6.57 Å². The minimum atomic E-state index is 0.00828. The first-order chi connectivity index (χ1) is 27.1. The summed E-state index contributed by atoms with van der Waals surface area (Å²) in [5.41, 5.74) is 14.8. The first kappa shape index (κ1) is 31.7. The maximum atomic E-state index is 7.68. The van der Waals surface area contributed by atoms with Crippen LogP contribution in [0.1, 0.15) is 43.2 Å². The van der Waals surface area contributed by atoms with Gasteiger partial charge in [-0.1, -0.05) is 122 Å². The van der Waals surface area contributed by atoms with Gasteiger partial charge in [-0.25, -0.2) is 14.8 Å². The fourth-order valence-electron chi connectivity index (χ4n) is 9.38. The third-order valence-electron chi connectivity index (χ3n) is 12.1. The van der Waals surface area contributed by atoms with Gasteiger partial charge in [-0.3, -0.25) is 0 Å². The van der Waals surface area contributed by atoms with Gasteiger partial charge >= 0.3 is 0 Å². The molecule has 0 atom stereocenters. The van der Waals surface area contributed by atoms with E-state index in [0.717, 1.165) is 68.4 Å². The lowest BCUT2D eigenvalue weighted by molar-refractivity contribution is 0.353. The molecule has 0 N–H and O–H groups in total. The van der Waals surface area contributed by atoms with Gasteiger partial charge in [0.15, 0.2) is 11.5 Å². The highest BCUT2D eigenvalue weighted by atomic mass is 16.3. The zero-order valence-electron chi connectivity index (χ0n) is 30.2. The van der Waals surface area contributed by atoms with Crippen molar-refractivity contribution in [2.45, 2.75) is 37.5 Å². The Kier molecular flexibility index (Phi) is 7.12. The maximum absolute atomic E-state index is 7.68. The lowest BCUT2D eigenvalue weighted by Gasteiger charge is -2.36. The molecule has 1 saturated carbocycles. The van der Waals surface area contributed by atoms with Crippen molar-refractivity contribution < 1.29 is 4.42 Å². The summed E-state index contributed by atoms with van der Waals surface area (Å²) in [7, 11) is 0. The molecule has 2 aliphatic carbocycles. The van der Waals surface area contributed by atoms with Gasteiger partial charge < -0.3 is 4.42 Å². The molecule has 0 radical (unpaired) electrons. The molecule has 2 heterocycles. The Labute approximate surface area is 319 Å². The van der Waals surface area contributed by atoms with Crippen LogP contribution in [-0.4, -0.2) is 9.97 Å². The molecule has 55 heavy (non-hydrogen) atoms. The first-order valence-electron chi connectivity index (χ1n) is 19.2. The predicted octanol–water partition coefficient (Wildman–Crippen LogP) is 14.0. The Morgan fingerprint density at radius 1 is 0.491 bits per heavy atom. The summed E-state index contributed by atoms with van der Waals surface area (Å²) in [5.74, 6) is 0.654. The number of benzene rings is 7. The van der Waals surface area contributed by atoms with Crippen molar-refractivity contribution in [2.24, 2.45) is 0 Å². The Morgan fingerprint density at radius 2 is 1.22 bits per heavy atom. The zero-order chi connectivity index (χ0) is 36.5. The Morgan fingerprint density at radius 3 is 2.09 bits per heavy atom. The molecule has 11 rings (SSSR count). The molecule has 2 aromatic heterocycles. The number of nitrogens with zero attached hydrogens (tertiary/aromatic N) is 3. The predicted molar refractivity (Wildman–Crippen MR) is 224 cm³/mol. The Hall–Kier alpha value is -6.83. The number of aromatic nitrogens is 2. The average molecular weight is 706 g/mol. The normalized spacial score (nSPS) is 14.3. The molecule has 1 spiro atoms. The second-order valence-corrected chi connectivity index (χ2v) is 15.2. The van der Waals surface area contributed by atoms with Crippen LogP contribution in [0.4, 0.5) is 5.69 Å². The molecule has 7 aromatic carbocycles. The zero-order valence-corrected chi connectivity index (χ0v) is 30.2. The highest BCUT2D eigenvalue weighted by Crippen LogP contribution is 2.57. The van der Waals surface area contributed by atoms with Crippen molar-refractivity contribution in [3.8, 4) is 56.2 Å². The van der Waals surface area contributed by atoms with E-state index in [4.69, 9.17) is 21.0 Å². The van der Waals surface area contributed by atoms with Crippen LogP contribution in [0.25, 0.3) is 93.7 Å². The van der Waals surface area contributed by atoms with Gasteiger partial charge in [0.1, 0.15) is 11.2 Å². The molecule has 0 unspecified atom stereocenters. The van der Waals surface area contributed by atoms with E-state index in [1.807, 2.05) is 24.3 Å². The van der Waals surface area contributed by atoms with Crippen LogP contribution in [-0.2, 0) is 5.41 Å². The number of hydrogen-bond donors (Lipinski definition) is 0. The molecule has 0 aliphatic heterocycles. The van der Waals surface area contributed by atoms with E-state index in [9.17, 15) is 0 Å². The number of hydrogen-bond acceptors (Lipinski definition) is 3. The third-order valence-corrected chi connectivity index (χ3v) is 12.1. The summed E-state index contributed by atoms with van der Waals surface area (Å²) < 4.78 is 6.29. The van der Waals surface area contributed by atoms with Crippen LogP contribution in [0.5, 0.6) is 0 Å². The summed E-state index contributed by atoms with van der Waals surface area (Å²) in [6, 6.07) is 53.7. The monoisotopic (exact) mass is 705 g/mol. The lowest BCUT2D eigenvalue weighted by Crippen LogP contribution is -2.28. The Balaban J connectivity index is 1.05. The molecule has 0 bridgehead atoms. The average Bonchev–Trinajstić information content (AvgIpc) is 3.75. The summed E-state index contributed by atoms with van der Waals surface area (Å²) in [6.07, 6.45) is 6.02. The number of furan rings is 1. The largest absolute Gasteiger partial charge is 0.456 e. The number of para-hydroxylation sites is 1. The van der Waals surface area contributed by atoms with Gasteiger partial charge in [0, 0.05) is 32.9 Å². The van der Waals surface area contributed by atoms with Gasteiger partial charge in [0.2, 0.25) is 0 Å². The van der Waals surface area contributed by atoms with Crippen LogP contribution in [0.3, 0.4) is 0 Å². The van der Waals surface area contributed by atoms with Crippen LogP contribution in [0.2, 0.25) is 0 Å². The van der Waals surface area contributed by atoms with Gasteiger partial charge in [-0.15, -0.1) is 0 Å². The minimum Gasteiger partial charge on any atom is -0.456 e. The molecule has 9 aromatic rings. The molecule has 0 saturated heterocycles. The lowest BCUT2D eigenvalue weighted by atomic mass is 9.67. The van der Waals surface area contributed by atoms with Gasteiger partial charge in [0.25, 0.3) is 0 Å². The van der Waals surface area contributed by atoms with Crippen molar-refractivity contribution in [3.63, 3.8) is 0 Å². The van der Waals surface area contributed by atoms with Crippen molar-refractivity contribution >= 4 is 38.4 Å². The topological polar surface area (TPSA) is 43.3 Å². The molecular formula is C51H35N3O. The van der Waals surface area contributed by atoms with Crippen LogP contribution < -0.4 is 0 Å². The van der Waals surface area contributed by atoms with E-state index >= 15 is 0 Å². The Bertz CT molecular complexity index is 3050. The maximum Gasteiger partial charge on any atom is 0.187 e. The van der Waals surface area contributed by atoms with Crippen molar-refractivity contribution in [3.05, 3.63) is 174 Å². The molecule has 4 nitrogen and oxygen atoms in total. The fourth-order valence-corrected chi connectivity index (χ4v) is 9.38. The smallest absolute Gasteiger partial charge is 0.187 e. The van der Waals surface area contributed by atoms with Crippen molar-refractivity contribution in [2.75, 3.05) is 0 Å². The van der Waals surface area contributed by atoms with Crippen LogP contribution >= 0.6 is 0 Å². The van der Waals surface area contributed by atoms with E-state index in [1.165, 1.54) is 57.9 Å². The van der Waals surface area contributed by atoms with Crippen LogP contribution in [0.15, 0.2) is 156 Å². The molecule has 0 amide bonds. The van der Waals surface area contributed by atoms with E-state index in [0.29, 0.717) is 11.5 Å². The quantitative estimate of drug-likeness (QED) is 0.171. The summed E-state index contributed by atoms with van der Waals surface area (Å²) in [5, 5.41) is 4.55. The first-order valence-corrected chi connectivity index (χ1v) is 19.2. The minimum absolute atomic E-state index is 0.00828. The van der Waals surface area contributed by atoms with Gasteiger partial charge in [0.05, 0.1) is 18.0 Å². The van der Waals surface area contributed by atoms with E-state index < -0.39 is 0 Å². The van der Waals surface area contributed by atoms with E-state index in [2.05, 4.69) is 132 Å². The molecular weight excluding hydrogens is 671 g/mol. The van der Waals surface area contributed by atoms with Crippen molar-refractivity contribution in [1.82, 2.24) is 9.97 Å². The second-order valence-electron chi connectivity index (χ2n) is 15.2. The molecule has 4 heteroatoms. The molecule has 2 aliphatic rings. The number of fused-ring (bicyclic) bond motifs is 9. The summed E-state index contributed by atoms with van der Waals surface area (Å²) >= 11 is 0. The highest BCUT2D eigenvalue weighted by molar-refractivity contribution is 6.05. The molecule has 1 fully saturated rings. The highest BCUT2D eigenvalue weighted by Gasteiger charge is 2.43. The second kappa shape index (κ2) is 12.4. The molecule has 260 valence electrons. The van der Waals surface area contributed by atoms with Gasteiger partial charge in [-0.05, 0) is 106 Å². The summed E-state index contributed by atoms with van der Waals surface area (Å²) in [4.78, 5) is 14.2. The van der Waals surface area contributed by atoms with E-state index in [-0.39, 0.29) is 5.41 Å². The van der Waals surface area contributed by atoms with Crippen molar-refractivity contribution in [1.29, 1.82) is 0 Å². The fraction of sp³-hybridized carbons (Fsp3) is 0.118. The summed E-state index contributed by atoms with van der Waals surface area (Å²) in [6.45, 7) is 7.68. The number of rotatable bonds is 4.